The van der Waals surface area contributed by atoms with E-state index in [-0.39, 0.29) is 17.9 Å². The molecule has 0 saturated heterocycles. The van der Waals surface area contributed by atoms with Gasteiger partial charge in [-0.3, -0.25) is 4.98 Å². The van der Waals surface area contributed by atoms with Crippen LogP contribution in [0.5, 0.6) is 0 Å². The van der Waals surface area contributed by atoms with Gasteiger partial charge in [-0.15, -0.1) is 0 Å². The summed E-state index contributed by atoms with van der Waals surface area (Å²) in [6.45, 7) is 4.00. The lowest BCUT2D eigenvalue weighted by atomic mass is 10.0. The molecule has 0 aliphatic carbocycles. The van der Waals surface area contributed by atoms with E-state index in [2.05, 4.69) is 26.2 Å². The minimum absolute atomic E-state index is 0.0664. The molecule has 0 aliphatic rings. The van der Waals surface area contributed by atoms with Crippen LogP contribution in [0.25, 0.3) is 0 Å². The van der Waals surface area contributed by atoms with E-state index in [4.69, 9.17) is 0 Å². The number of nitrogens with zero attached hydrogens (tertiary/aromatic N) is 1. The number of hydrogen-bond acceptors (Lipinski definition) is 2. The second kappa shape index (κ2) is 6.26. The second-order valence-electron chi connectivity index (χ2n) is 4.56. The molecule has 1 aromatic heterocycles. The monoisotopic (exact) mass is 322 g/mol. The van der Waals surface area contributed by atoms with Gasteiger partial charge in [-0.25, -0.2) is 4.39 Å². The summed E-state index contributed by atoms with van der Waals surface area (Å²) in [7, 11) is 0. The molecule has 0 spiro atoms. The number of benzene rings is 1. The molecule has 1 unspecified atom stereocenters. The first-order valence-electron chi connectivity index (χ1n) is 6.19. The highest BCUT2D eigenvalue weighted by atomic mass is 79.9. The van der Waals surface area contributed by atoms with E-state index >= 15 is 0 Å². The van der Waals surface area contributed by atoms with Crippen molar-refractivity contribution in [3.05, 3.63) is 64.1 Å². The standard InChI is InChI=1S/C15H16BrFN2/c1-10(12-4-3-7-18-9-12)19-11(2)14-6-5-13(16)8-15(14)17/h3-11,19H,1-2H3/t10-,11?/m0/s1. The number of nitrogens with one attached hydrogen (secondary N) is 1. The van der Waals surface area contributed by atoms with E-state index in [1.807, 2.05) is 38.2 Å². The Morgan fingerprint density at radius 3 is 2.63 bits per heavy atom. The molecule has 1 heterocycles. The fourth-order valence-corrected chi connectivity index (χ4v) is 2.38. The van der Waals surface area contributed by atoms with Gasteiger partial charge in [-0.1, -0.05) is 28.1 Å². The van der Waals surface area contributed by atoms with Crippen LogP contribution in [-0.4, -0.2) is 4.98 Å². The summed E-state index contributed by atoms with van der Waals surface area (Å²) in [6, 6.07) is 9.10. The summed E-state index contributed by atoms with van der Waals surface area (Å²) in [5.74, 6) is -0.201. The third kappa shape index (κ3) is 3.61. The lowest BCUT2D eigenvalue weighted by molar-refractivity contribution is 0.473. The Kier molecular flexibility index (Phi) is 4.66. The maximum Gasteiger partial charge on any atom is 0.129 e. The SMILES string of the molecule is CC(N[C@@H](C)c1cccnc1)c1ccc(Br)cc1F. The van der Waals surface area contributed by atoms with E-state index in [1.54, 1.807) is 12.3 Å². The van der Waals surface area contributed by atoms with Crippen LogP contribution in [0.15, 0.2) is 47.2 Å². The zero-order valence-electron chi connectivity index (χ0n) is 10.9. The van der Waals surface area contributed by atoms with Crippen LogP contribution < -0.4 is 5.32 Å². The van der Waals surface area contributed by atoms with Crippen LogP contribution in [0.3, 0.4) is 0 Å². The zero-order chi connectivity index (χ0) is 13.8. The fraction of sp³-hybridized carbons (Fsp3) is 0.267. The molecule has 2 aromatic rings. The molecule has 0 aliphatic heterocycles. The van der Waals surface area contributed by atoms with E-state index in [1.165, 1.54) is 6.07 Å². The van der Waals surface area contributed by atoms with E-state index < -0.39 is 0 Å². The Balaban J connectivity index is 2.10. The van der Waals surface area contributed by atoms with Gasteiger partial charge in [-0.2, -0.15) is 0 Å². The van der Waals surface area contributed by atoms with Crippen LogP contribution >= 0.6 is 15.9 Å². The minimum Gasteiger partial charge on any atom is -0.303 e. The minimum atomic E-state index is -0.201. The van der Waals surface area contributed by atoms with Crippen LogP contribution in [0.2, 0.25) is 0 Å². The predicted octanol–water partition coefficient (Wildman–Crippen LogP) is 4.40. The molecule has 2 nitrogen and oxygen atoms in total. The van der Waals surface area contributed by atoms with Gasteiger partial charge >= 0.3 is 0 Å². The smallest absolute Gasteiger partial charge is 0.129 e. The number of aromatic nitrogens is 1. The Morgan fingerprint density at radius 2 is 2.00 bits per heavy atom. The first kappa shape index (κ1) is 14.2. The normalized spacial score (nSPS) is 14.1. The number of hydrogen-bond donors (Lipinski definition) is 1. The fourth-order valence-electron chi connectivity index (χ4n) is 2.05. The Hall–Kier alpha value is -1.26. The second-order valence-corrected chi connectivity index (χ2v) is 5.48. The van der Waals surface area contributed by atoms with Crippen molar-refractivity contribution in [2.45, 2.75) is 25.9 Å². The van der Waals surface area contributed by atoms with Crippen LogP contribution in [0.1, 0.15) is 37.1 Å². The maximum absolute atomic E-state index is 13.9. The van der Waals surface area contributed by atoms with Gasteiger partial charge in [0.2, 0.25) is 0 Å². The summed E-state index contributed by atoms with van der Waals surface area (Å²) in [6.07, 6.45) is 3.57. The van der Waals surface area contributed by atoms with Gasteiger partial charge in [0.15, 0.2) is 0 Å². The highest BCUT2D eigenvalue weighted by Crippen LogP contribution is 2.23. The molecule has 0 amide bonds. The lowest BCUT2D eigenvalue weighted by Gasteiger charge is -2.21. The molecule has 0 radical (unpaired) electrons. The van der Waals surface area contributed by atoms with Crippen molar-refractivity contribution in [2.75, 3.05) is 0 Å². The third-order valence-corrected chi connectivity index (χ3v) is 3.61. The molecule has 1 aromatic carbocycles. The van der Waals surface area contributed by atoms with E-state index in [0.717, 1.165) is 10.0 Å². The van der Waals surface area contributed by atoms with Crippen molar-refractivity contribution < 1.29 is 4.39 Å². The number of rotatable bonds is 4. The van der Waals surface area contributed by atoms with Crippen LogP contribution in [0, 0.1) is 5.82 Å². The molecule has 100 valence electrons. The summed E-state index contributed by atoms with van der Waals surface area (Å²) in [5, 5.41) is 3.38. The summed E-state index contributed by atoms with van der Waals surface area (Å²) >= 11 is 3.26. The number of pyridine rings is 1. The molecule has 0 fully saturated rings. The van der Waals surface area contributed by atoms with Gasteiger partial charge in [0.1, 0.15) is 5.82 Å². The Morgan fingerprint density at radius 1 is 1.21 bits per heavy atom. The van der Waals surface area contributed by atoms with E-state index in [0.29, 0.717) is 5.56 Å². The predicted molar refractivity (Wildman–Crippen MR) is 78.3 cm³/mol. The molecular weight excluding hydrogens is 307 g/mol. The molecule has 0 saturated carbocycles. The van der Waals surface area contributed by atoms with Gasteiger partial charge in [0, 0.05) is 34.5 Å². The van der Waals surface area contributed by atoms with Crippen molar-refractivity contribution >= 4 is 15.9 Å². The topological polar surface area (TPSA) is 24.9 Å². The summed E-state index contributed by atoms with van der Waals surface area (Å²) < 4.78 is 14.6. The average Bonchev–Trinajstić information content (AvgIpc) is 2.39. The first-order chi connectivity index (χ1) is 9.08. The molecule has 1 N–H and O–H groups in total. The maximum atomic E-state index is 13.9. The first-order valence-corrected chi connectivity index (χ1v) is 6.98. The van der Waals surface area contributed by atoms with Gasteiger partial charge in [-0.05, 0) is 37.6 Å². The van der Waals surface area contributed by atoms with Crippen molar-refractivity contribution in [1.29, 1.82) is 0 Å². The van der Waals surface area contributed by atoms with Crippen molar-refractivity contribution in [2.24, 2.45) is 0 Å². The highest BCUT2D eigenvalue weighted by molar-refractivity contribution is 9.10. The van der Waals surface area contributed by atoms with Crippen molar-refractivity contribution in [3.63, 3.8) is 0 Å². The third-order valence-electron chi connectivity index (χ3n) is 3.11. The van der Waals surface area contributed by atoms with Gasteiger partial charge < -0.3 is 5.32 Å². The lowest BCUT2D eigenvalue weighted by Crippen LogP contribution is -2.23. The summed E-state index contributed by atoms with van der Waals surface area (Å²) in [4.78, 5) is 4.09. The molecule has 0 bridgehead atoms. The molecule has 4 heteroatoms. The Bertz CT molecular complexity index is 545. The zero-order valence-corrected chi connectivity index (χ0v) is 12.5. The molecular formula is C15H16BrFN2. The number of halogens is 2. The largest absolute Gasteiger partial charge is 0.303 e. The molecule has 2 rings (SSSR count). The Labute approximate surface area is 121 Å². The van der Waals surface area contributed by atoms with Crippen LogP contribution in [-0.2, 0) is 0 Å². The average molecular weight is 323 g/mol. The van der Waals surface area contributed by atoms with Gasteiger partial charge in [0.25, 0.3) is 0 Å². The van der Waals surface area contributed by atoms with E-state index in [9.17, 15) is 4.39 Å². The van der Waals surface area contributed by atoms with Crippen molar-refractivity contribution in [1.82, 2.24) is 10.3 Å². The molecule has 2 atom stereocenters. The summed E-state index contributed by atoms with van der Waals surface area (Å²) in [5.41, 5.74) is 1.76. The van der Waals surface area contributed by atoms with Crippen molar-refractivity contribution in [3.8, 4) is 0 Å². The quantitative estimate of drug-likeness (QED) is 0.902. The van der Waals surface area contributed by atoms with Crippen LogP contribution in [0.4, 0.5) is 4.39 Å². The molecule has 19 heavy (non-hydrogen) atoms. The van der Waals surface area contributed by atoms with Gasteiger partial charge in [0.05, 0.1) is 0 Å². The highest BCUT2D eigenvalue weighted by Gasteiger charge is 2.14.